The van der Waals surface area contributed by atoms with Crippen molar-refractivity contribution in [3.05, 3.63) is 89.0 Å². The molecule has 0 bridgehead atoms. The van der Waals surface area contributed by atoms with Gasteiger partial charge in [0.15, 0.2) is 4.80 Å². The molecule has 0 N–H and O–H groups in total. The highest BCUT2D eigenvalue weighted by Gasteiger charge is 2.33. The molecule has 4 rings (SSSR count). The van der Waals surface area contributed by atoms with Crippen molar-refractivity contribution in [3.8, 4) is 11.5 Å². The van der Waals surface area contributed by atoms with Crippen LogP contribution in [0.4, 0.5) is 0 Å². The zero-order valence-corrected chi connectivity index (χ0v) is 21.7. The van der Waals surface area contributed by atoms with Gasteiger partial charge in [-0.1, -0.05) is 39.4 Å². The van der Waals surface area contributed by atoms with Gasteiger partial charge in [-0.2, -0.15) is 0 Å². The zero-order valence-electron chi connectivity index (χ0n) is 19.3. The van der Waals surface area contributed by atoms with Crippen LogP contribution in [0.5, 0.6) is 11.5 Å². The zero-order chi connectivity index (χ0) is 25.3. The Balaban J connectivity index is 1.96. The maximum atomic E-state index is 13.7. The second-order valence-corrected chi connectivity index (χ2v) is 9.55. The van der Waals surface area contributed by atoms with Crippen molar-refractivity contribution in [1.29, 1.82) is 0 Å². The van der Waals surface area contributed by atoms with Crippen molar-refractivity contribution in [2.75, 3.05) is 14.2 Å². The normalized spacial score (nSPS) is 15.3. The Morgan fingerprint density at radius 2 is 1.86 bits per heavy atom. The number of carbonyl (C=O) groups is 2. The number of aromatic nitrogens is 1. The lowest BCUT2D eigenvalue weighted by molar-refractivity contribution is -0.136. The molecule has 0 spiro atoms. The number of carbonyl (C=O) groups excluding carboxylic acids is 2. The highest BCUT2D eigenvalue weighted by molar-refractivity contribution is 9.10. The molecular formula is C25H21BrN2O6S. The number of halogens is 1. The van der Waals surface area contributed by atoms with Crippen molar-refractivity contribution in [3.63, 3.8) is 0 Å². The number of fused-ring (bicyclic) bond motifs is 1. The Morgan fingerprint density at radius 1 is 1.14 bits per heavy atom. The summed E-state index contributed by atoms with van der Waals surface area (Å²) in [5.74, 6) is -0.0643. The summed E-state index contributed by atoms with van der Waals surface area (Å²) >= 11 is 4.60. The Bertz CT molecular complexity index is 1540. The molecule has 1 aliphatic rings. The minimum atomic E-state index is -0.734. The van der Waals surface area contributed by atoms with Gasteiger partial charge in [-0.05, 0) is 48.9 Å². The van der Waals surface area contributed by atoms with Crippen molar-refractivity contribution in [2.45, 2.75) is 19.9 Å². The van der Waals surface area contributed by atoms with Crippen molar-refractivity contribution in [1.82, 2.24) is 4.57 Å². The minimum absolute atomic E-state index is 0.277. The molecule has 35 heavy (non-hydrogen) atoms. The van der Waals surface area contributed by atoms with Gasteiger partial charge in [0.2, 0.25) is 0 Å². The average Bonchev–Trinajstić information content (AvgIpc) is 3.13. The number of hydrogen-bond acceptors (Lipinski definition) is 8. The lowest BCUT2D eigenvalue weighted by Crippen LogP contribution is -2.39. The number of ether oxygens (including phenoxy) is 3. The molecule has 0 saturated heterocycles. The number of methoxy groups -OCH3 is 2. The Kier molecular flexibility index (Phi) is 7.04. The topological polar surface area (TPSA) is 96.2 Å². The number of thiazole rings is 1. The fraction of sp³-hybridized carbons (Fsp3) is 0.200. The summed E-state index contributed by atoms with van der Waals surface area (Å²) in [6.45, 7) is 3.03. The molecule has 8 nitrogen and oxygen atoms in total. The lowest BCUT2D eigenvalue weighted by atomic mass is 9.96. The van der Waals surface area contributed by atoms with Gasteiger partial charge < -0.3 is 14.2 Å². The number of esters is 2. The Hall–Kier alpha value is -3.50. The maximum Gasteiger partial charge on any atom is 0.338 e. The standard InChI is InChI=1S/C25H21BrN2O6S/c1-13-21(24(31)33-4)22(15-5-8-18(32-3)9-6-15)28-23(30)20(35-25(28)27-13)12-16-11-17(26)7-10-19(16)34-14(2)29/h5-12,22H,1-4H3/t22-/m0/s1. The van der Waals surface area contributed by atoms with E-state index >= 15 is 0 Å². The second-order valence-electron chi connectivity index (χ2n) is 7.62. The summed E-state index contributed by atoms with van der Waals surface area (Å²) < 4.78 is 18.2. The van der Waals surface area contributed by atoms with E-state index in [0.717, 1.165) is 4.47 Å². The molecule has 0 aliphatic carbocycles. The highest BCUT2D eigenvalue weighted by Crippen LogP contribution is 2.31. The van der Waals surface area contributed by atoms with Crippen LogP contribution in [0.25, 0.3) is 6.08 Å². The molecule has 0 unspecified atom stereocenters. The van der Waals surface area contributed by atoms with Crippen molar-refractivity contribution in [2.24, 2.45) is 4.99 Å². The first-order chi connectivity index (χ1) is 16.7. The first-order valence-corrected chi connectivity index (χ1v) is 12.1. The second kappa shape index (κ2) is 10.0. The van der Waals surface area contributed by atoms with E-state index in [9.17, 15) is 14.4 Å². The van der Waals surface area contributed by atoms with Crippen LogP contribution in [-0.2, 0) is 14.3 Å². The van der Waals surface area contributed by atoms with Gasteiger partial charge in [0.1, 0.15) is 11.5 Å². The summed E-state index contributed by atoms with van der Waals surface area (Å²) in [5, 5.41) is 0. The van der Waals surface area contributed by atoms with E-state index in [1.165, 1.54) is 29.9 Å². The van der Waals surface area contributed by atoms with Crippen LogP contribution in [0.3, 0.4) is 0 Å². The van der Waals surface area contributed by atoms with E-state index in [4.69, 9.17) is 14.2 Å². The van der Waals surface area contributed by atoms with Gasteiger partial charge in [-0.15, -0.1) is 0 Å². The monoisotopic (exact) mass is 556 g/mol. The lowest BCUT2D eigenvalue weighted by Gasteiger charge is -2.24. The van der Waals surface area contributed by atoms with E-state index in [0.29, 0.717) is 37.7 Å². The Labute approximate surface area is 212 Å². The molecule has 0 saturated carbocycles. The van der Waals surface area contributed by atoms with Gasteiger partial charge >= 0.3 is 11.9 Å². The maximum absolute atomic E-state index is 13.7. The predicted octanol–water partition coefficient (Wildman–Crippen LogP) is 3.10. The molecule has 0 amide bonds. The molecule has 1 atom stereocenters. The minimum Gasteiger partial charge on any atom is -0.497 e. The molecule has 0 fully saturated rings. The summed E-state index contributed by atoms with van der Waals surface area (Å²) in [4.78, 5) is 43.0. The van der Waals surface area contributed by atoms with Gasteiger partial charge in [-0.3, -0.25) is 14.2 Å². The van der Waals surface area contributed by atoms with Crippen LogP contribution in [0, 0.1) is 0 Å². The predicted molar refractivity (Wildman–Crippen MR) is 134 cm³/mol. The molecule has 2 heterocycles. The molecule has 1 aromatic heterocycles. The van der Waals surface area contributed by atoms with Gasteiger partial charge in [-0.25, -0.2) is 9.79 Å². The van der Waals surface area contributed by atoms with E-state index in [1.807, 2.05) is 0 Å². The number of rotatable bonds is 5. The van der Waals surface area contributed by atoms with Gasteiger partial charge in [0.25, 0.3) is 5.56 Å². The van der Waals surface area contributed by atoms with Crippen LogP contribution in [-0.4, -0.2) is 30.7 Å². The number of benzene rings is 2. The summed E-state index contributed by atoms with van der Waals surface area (Å²) in [5.41, 5.74) is 1.66. The first-order valence-electron chi connectivity index (χ1n) is 10.5. The highest BCUT2D eigenvalue weighted by atomic mass is 79.9. The molecule has 3 aromatic rings. The van der Waals surface area contributed by atoms with Crippen molar-refractivity contribution < 1.29 is 23.8 Å². The van der Waals surface area contributed by atoms with Crippen LogP contribution in [0.1, 0.15) is 31.0 Å². The third-order valence-corrected chi connectivity index (χ3v) is 6.85. The van der Waals surface area contributed by atoms with E-state index in [-0.39, 0.29) is 11.1 Å². The summed E-state index contributed by atoms with van der Waals surface area (Å²) in [6, 6.07) is 11.5. The largest absolute Gasteiger partial charge is 0.497 e. The number of nitrogens with zero attached hydrogens (tertiary/aromatic N) is 2. The molecular weight excluding hydrogens is 536 g/mol. The fourth-order valence-electron chi connectivity index (χ4n) is 3.82. The van der Waals surface area contributed by atoms with Gasteiger partial charge in [0.05, 0.1) is 36.1 Å². The third-order valence-electron chi connectivity index (χ3n) is 5.37. The summed E-state index contributed by atoms with van der Waals surface area (Å²) in [7, 11) is 2.86. The van der Waals surface area contributed by atoms with Crippen LogP contribution in [0.15, 0.2) is 68.0 Å². The molecule has 2 aromatic carbocycles. The number of hydrogen-bond donors (Lipinski definition) is 0. The van der Waals surface area contributed by atoms with Crippen LogP contribution in [0.2, 0.25) is 0 Å². The van der Waals surface area contributed by atoms with Gasteiger partial charge in [0, 0.05) is 17.0 Å². The average molecular weight is 557 g/mol. The molecule has 0 radical (unpaired) electrons. The van der Waals surface area contributed by atoms with E-state index in [1.54, 1.807) is 62.6 Å². The molecule has 10 heteroatoms. The third kappa shape index (κ3) is 4.85. The van der Waals surface area contributed by atoms with Crippen molar-refractivity contribution >= 4 is 45.3 Å². The summed E-state index contributed by atoms with van der Waals surface area (Å²) in [6.07, 6.45) is 1.65. The van der Waals surface area contributed by atoms with Crippen LogP contribution >= 0.6 is 27.3 Å². The quantitative estimate of drug-likeness (QED) is 0.354. The Morgan fingerprint density at radius 3 is 2.49 bits per heavy atom. The smallest absolute Gasteiger partial charge is 0.338 e. The molecule has 1 aliphatic heterocycles. The van der Waals surface area contributed by atoms with E-state index in [2.05, 4.69) is 20.9 Å². The molecule has 180 valence electrons. The SMILES string of the molecule is COC(=O)C1=C(C)N=c2sc(=Cc3cc(Br)ccc3OC(C)=O)c(=O)n2[C@H]1c1ccc(OC)cc1. The van der Waals surface area contributed by atoms with E-state index < -0.39 is 18.0 Å². The first kappa shape index (κ1) is 24.6. The fourth-order valence-corrected chi connectivity index (χ4v) is 5.23. The number of allylic oxidation sites excluding steroid dienone is 1. The van der Waals surface area contributed by atoms with Crippen LogP contribution < -0.4 is 24.4 Å².